The number of nitrogens with zero attached hydrogens (tertiary/aromatic N) is 2. The Morgan fingerprint density at radius 3 is 2.78 bits per heavy atom. The summed E-state index contributed by atoms with van der Waals surface area (Å²) >= 11 is 0. The van der Waals surface area contributed by atoms with Crippen molar-refractivity contribution >= 4 is 5.91 Å². The van der Waals surface area contributed by atoms with Crippen molar-refractivity contribution in [3.8, 4) is 0 Å². The highest BCUT2D eigenvalue weighted by Gasteiger charge is 2.14. The minimum Gasteiger partial charge on any atom is -0.389 e. The summed E-state index contributed by atoms with van der Waals surface area (Å²) in [7, 11) is 0. The lowest BCUT2D eigenvalue weighted by molar-refractivity contribution is -0.122. The van der Waals surface area contributed by atoms with Crippen molar-refractivity contribution in [2.24, 2.45) is 0 Å². The van der Waals surface area contributed by atoms with Crippen molar-refractivity contribution in [1.29, 1.82) is 0 Å². The van der Waals surface area contributed by atoms with Crippen LogP contribution in [0.25, 0.3) is 0 Å². The molecule has 0 atom stereocenters. The third kappa shape index (κ3) is 5.77. The Hall–Kier alpha value is -1.43. The monoisotopic (exact) mass is 255 g/mol. The van der Waals surface area contributed by atoms with E-state index < -0.39 is 5.60 Å². The van der Waals surface area contributed by atoms with Gasteiger partial charge in [-0.15, -0.1) is 0 Å². The first-order chi connectivity index (χ1) is 8.40. The number of amides is 1. The Bertz CT molecular complexity index is 382. The lowest BCUT2D eigenvalue weighted by Crippen LogP contribution is -2.38. The molecule has 0 aromatic carbocycles. The van der Waals surface area contributed by atoms with Crippen LogP contribution in [0.4, 0.5) is 0 Å². The first-order valence-corrected chi connectivity index (χ1v) is 6.21. The van der Waals surface area contributed by atoms with Crippen LogP contribution in [-0.2, 0) is 17.6 Å². The molecule has 1 aromatic heterocycles. The molecular weight excluding hydrogens is 234 g/mol. The van der Waals surface area contributed by atoms with Crippen LogP contribution in [0.15, 0.2) is 4.52 Å². The maximum absolute atomic E-state index is 11.5. The molecule has 0 spiro atoms. The number of aryl methyl sites for hydroxylation is 2. The third-order valence-corrected chi connectivity index (χ3v) is 2.27. The quantitative estimate of drug-likeness (QED) is 0.753. The molecule has 6 nitrogen and oxygen atoms in total. The van der Waals surface area contributed by atoms with Crippen LogP contribution in [0.1, 0.15) is 45.3 Å². The number of aliphatic hydroxyl groups is 1. The van der Waals surface area contributed by atoms with Crippen molar-refractivity contribution < 1.29 is 14.4 Å². The number of hydrogen-bond acceptors (Lipinski definition) is 5. The summed E-state index contributed by atoms with van der Waals surface area (Å²) in [5.74, 6) is 1.04. The number of carbonyl (C=O) groups excluding carboxylic acids is 1. The van der Waals surface area contributed by atoms with Crippen LogP contribution >= 0.6 is 0 Å². The molecule has 0 radical (unpaired) electrons. The summed E-state index contributed by atoms with van der Waals surface area (Å²) in [6.07, 6.45) is 2.46. The number of rotatable bonds is 7. The topological polar surface area (TPSA) is 88.2 Å². The van der Waals surface area contributed by atoms with Crippen LogP contribution in [0, 0.1) is 0 Å². The minimum absolute atomic E-state index is 0.132. The van der Waals surface area contributed by atoms with Gasteiger partial charge in [0.2, 0.25) is 11.8 Å². The lowest BCUT2D eigenvalue weighted by Gasteiger charge is -2.17. The predicted octanol–water partition coefficient (Wildman–Crippen LogP) is 0.842. The zero-order valence-corrected chi connectivity index (χ0v) is 11.2. The van der Waals surface area contributed by atoms with E-state index in [0.29, 0.717) is 18.1 Å². The largest absolute Gasteiger partial charge is 0.389 e. The fourth-order valence-corrected chi connectivity index (χ4v) is 1.34. The Morgan fingerprint density at radius 2 is 2.17 bits per heavy atom. The molecule has 0 fully saturated rings. The van der Waals surface area contributed by atoms with E-state index >= 15 is 0 Å². The maximum Gasteiger partial charge on any atom is 0.227 e. The van der Waals surface area contributed by atoms with E-state index in [4.69, 9.17) is 4.52 Å². The van der Waals surface area contributed by atoms with Gasteiger partial charge in [-0.2, -0.15) is 4.98 Å². The zero-order chi connectivity index (χ0) is 13.6. The smallest absolute Gasteiger partial charge is 0.227 e. The molecule has 1 heterocycles. The summed E-state index contributed by atoms with van der Waals surface area (Å²) in [6, 6.07) is 0. The van der Waals surface area contributed by atoms with Gasteiger partial charge in [0.1, 0.15) is 0 Å². The minimum atomic E-state index is -0.894. The number of carbonyl (C=O) groups is 1. The van der Waals surface area contributed by atoms with E-state index in [1.54, 1.807) is 13.8 Å². The van der Waals surface area contributed by atoms with Gasteiger partial charge in [0.25, 0.3) is 0 Å². The van der Waals surface area contributed by atoms with Gasteiger partial charge in [-0.3, -0.25) is 4.79 Å². The maximum atomic E-state index is 11.5. The molecule has 2 N–H and O–H groups in total. The summed E-state index contributed by atoms with van der Waals surface area (Å²) in [5.41, 5.74) is -0.894. The molecule has 0 aliphatic carbocycles. The molecular formula is C12H21N3O3. The molecule has 1 aromatic rings. The van der Waals surface area contributed by atoms with Gasteiger partial charge in [-0.25, -0.2) is 0 Å². The molecule has 0 saturated heterocycles. The molecule has 0 unspecified atom stereocenters. The SMILES string of the molecule is CCCc1noc(CCC(=O)NCC(C)(C)O)n1. The second-order valence-corrected chi connectivity index (χ2v) is 4.94. The molecule has 0 bridgehead atoms. The van der Waals surface area contributed by atoms with E-state index in [1.165, 1.54) is 0 Å². The van der Waals surface area contributed by atoms with E-state index in [1.807, 2.05) is 6.92 Å². The molecule has 0 saturated carbocycles. The zero-order valence-electron chi connectivity index (χ0n) is 11.2. The van der Waals surface area contributed by atoms with Crippen molar-refractivity contribution in [2.75, 3.05) is 6.54 Å². The van der Waals surface area contributed by atoms with Crippen molar-refractivity contribution in [1.82, 2.24) is 15.5 Å². The van der Waals surface area contributed by atoms with Gasteiger partial charge < -0.3 is 14.9 Å². The standard InChI is InChI=1S/C12H21N3O3/c1-4-5-9-14-11(18-15-9)7-6-10(16)13-8-12(2,3)17/h17H,4-8H2,1-3H3,(H,13,16). The fourth-order valence-electron chi connectivity index (χ4n) is 1.34. The Morgan fingerprint density at radius 1 is 1.44 bits per heavy atom. The van der Waals surface area contributed by atoms with Gasteiger partial charge in [0.05, 0.1) is 5.60 Å². The van der Waals surface area contributed by atoms with Crippen LogP contribution in [0.5, 0.6) is 0 Å². The highest BCUT2D eigenvalue weighted by atomic mass is 16.5. The summed E-state index contributed by atoms with van der Waals surface area (Å²) in [5, 5.41) is 15.9. The summed E-state index contributed by atoms with van der Waals surface area (Å²) in [4.78, 5) is 15.7. The number of aromatic nitrogens is 2. The van der Waals surface area contributed by atoms with E-state index in [0.717, 1.165) is 12.8 Å². The third-order valence-electron chi connectivity index (χ3n) is 2.27. The lowest BCUT2D eigenvalue weighted by atomic mass is 10.1. The fraction of sp³-hybridized carbons (Fsp3) is 0.750. The highest BCUT2D eigenvalue weighted by Crippen LogP contribution is 2.03. The van der Waals surface area contributed by atoms with Crippen LogP contribution in [0.2, 0.25) is 0 Å². The average Bonchev–Trinajstić information content (AvgIpc) is 2.71. The van der Waals surface area contributed by atoms with Gasteiger partial charge in [-0.05, 0) is 20.3 Å². The highest BCUT2D eigenvalue weighted by molar-refractivity contribution is 5.76. The molecule has 102 valence electrons. The van der Waals surface area contributed by atoms with Gasteiger partial charge in [-0.1, -0.05) is 12.1 Å². The Labute approximate surface area is 107 Å². The number of nitrogens with one attached hydrogen (secondary N) is 1. The second-order valence-electron chi connectivity index (χ2n) is 4.94. The van der Waals surface area contributed by atoms with Crippen LogP contribution in [-0.4, -0.2) is 33.3 Å². The molecule has 18 heavy (non-hydrogen) atoms. The first kappa shape index (κ1) is 14.6. The van der Waals surface area contributed by atoms with Crippen molar-refractivity contribution in [3.05, 3.63) is 11.7 Å². The second kappa shape index (κ2) is 6.49. The van der Waals surface area contributed by atoms with E-state index in [9.17, 15) is 9.90 Å². The van der Waals surface area contributed by atoms with Gasteiger partial charge >= 0.3 is 0 Å². The molecule has 1 amide bonds. The normalized spacial score (nSPS) is 11.6. The summed E-state index contributed by atoms with van der Waals surface area (Å²) in [6.45, 7) is 5.56. The first-order valence-electron chi connectivity index (χ1n) is 6.21. The predicted molar refractivity (Wildman–Crippen MR) is 65.9 cm³/mol. The van der Waals surface area contributed by atoms with E-state index in [2.05, 4.69) is 15.5 Å². The van der Waals surface area contributed by atoms with Crippen molar-refractivity contribution in [2.45, 2.75) is 52.1 Å². The van der Waals surface area contributed by atoms with Crippen LogP contribution in [0.3, 0.4) is 0 Å². The Balaban J connectivity index is 2.29. The van der Waals surface area contributed by atoms with E-state index in [-0.39, 0.29) is 18.9 Å². The Kier molecular flexibility index (Phi) is 5.27. The average molecular weight is 255 g/mol. The molecule has 0 aliphatic rings. The van der Waals surface area contributed by atoms with Gasteiger partial charge in [0.15, 0.2) is 5.82 Å². The van der Waals surface area contributed by atoms with Gasteiger partial charge in [0, 0.05) is 25.8 Å². The van der Waals surface area contributed by atoms with Crippen molar-refractivity contribution in [3.63, 3.8) is 0 Å². The molecule has 0 aliphatic heterocycles. The summed E-state index contributed by atoms with van der Waals surface area (Å²) < 4.78 is 5.02. The van der Waals surface area contributed by atoms with Crippen LogP contribution < -0.4 is 5.32 Å². The molecule has 6 heteroatoms. The number of hydrogen-bond donors (Lipinski definition) is 2. The molecule has 1 rings (SSSR count).